The fraction of sp³-hybridized carbons (Fsp3) is 0.280. The van der Waals surface area contributed by atoms with E-state index >= 15 is 0 Å². The number of aryl methyl sites for hydroxylation is 1. The second-order valence-electron chi connectivity index (χ2n) is 8.10. The normalized spacial score (nSPS) is 19.7. The summed E-state index contributed by atoms with van der Waals surface area (Å²) in [7, 11) is 3.20. The first-order chi connectivity index (χ1) is 16.1. The number of methoxy groups -OCH3 is 2. The molecule has 2 unspecified atom stereocenters. The van der Waals surface area contributed by atoms with E-state index in [0.29, 0.717) is 41.8 Å². The van der Waals surface area contributed by atoms with Crippen molar-refractivity contribution in [2.24, 2.45) is 0 Å². The molecular formula is C25H26N4O4. The van der Waals surface area contributed by atoms with Crippen LogP contribution in [0.25, 0.3) is 11.5 Å². The van der Waals surface area contributed by atoms with Crippen LogP contribution in [0.5, 0.6) is 11.5 Å². The molecule has 8 heteroatoms. The lowest BCUT2D eigenvalue weighted by atomic mass is 10.0. The van der Waals surface area contributed by atoms with Gasteiger partial charge in [0.2, 0.25) is 5.89 Å². The van der Waals surface area contributed by atoms with E-state index in [4.69, 9.17) is 13.9 Å². The molecule has 33 heavy (non-hydrogen) atoms. The molecule has 2 aliphatic heterocycles. The van der Waals surface area contributed by atoms with Gasteiger partial charge in [0.25, 0.3) is 5.91 Å². The van der Waals surface area contributed by atoms with Gasteiger partial charge >= 0.3 is 0 Å². The predicted molar refractivity (Wildman–Crippen MR) is 122 cm³/mol. The lowest BCUT2D eigenvalue weighted by molar-refractivity contribution is -0.135. The van der Waals surface area contributed by atoms with Crippen LogP contribution in [0.3, 0.4) is 0 Å². The Bertz CT molecular complexity index is 1190. The van der Waals surface area contributed by atoms with Crippen molar-refractivity contribution in [3.05, 3.63) is 77.9 Å². The van der Waals surface area contributed by atoms with Gasteiger partial charge in [-0.05, 0) is 31.0 Å². The van der Waals surface area contributed by atoms with Crippen molar-refractivity contribution in [2.75, 3.05) is 14.2 Å². The van der Waals surface area contributed by atoms with Gasteiger partial charge in [-0.1, -0.05) is 30.3 Å². The van der Waals surface area contributed by atoms with Crippen LogP contribution in [-0.4, -0.2) is 41.1 Å². The van der Waals surface area contributed by atoms with Crippen molar-refractivity contribution in [1.82, 2.24) is 20.3 Å². The average Bonchev–Trinajstić information content (AvgIpc) is 3.45. The zero-order chi connectivity index (χ0) is 22.9. The number of nitrogens with one attached hydrogen (secondary N) is 1. The molecule has 0 aliphatic carbocycles. The van der Waals surface area contributed by atoms with Crippen LogP contribution in [0.2, 0.25) is 0 Å². The first-order valence-electron chi connectivity index (χ1n) is 10.8. The number of hydrogen-bond acceptors (Lipinski definition) is 7. The average molecular weight is 447 g/mol. The van der Waals surface area contributed by atoms with Gasteiger partial charge in [-0.2, -0.15) is 0 Å². The number of fused-ring (bicyclic) bond motifs is 1. The number of ether oxygens (including phenoxy) is 2. The molecule has 2 aromatic carbocycles. The zero-order valence-corrected chi connectivity index (χ0v) is 18.8. The topological polar surface area (TPSA) is 80.1 Å². The highest BCUT2D eigenvalue weighted by Gasteiger charge is 2.40. The van der Waals surface area contributed by atoms with Crippen LogP contribution >= 0.6 is 0 Å². The number of hydrogen-bond donors (Lipinski definition) is 1. The molecule has 1 saturated heterocycles. The second kappa shape index (κ2) is 8.63. The smallest absolute Gasteiger partial charge is 0.251 e. The number of aromatic nitrogens is 1. The number of hydrazine groups is 1. The summed E-state index contributed by atoms with van der Waals surface area (Å²) in [5.74, 6) is 2.44. The van der Waals surface area contributed by atoms with Crippen molar-refractivity contribution in [3.8, 4) is 23.0 Å². The maximum absolute atomic E-state index is 13.2. The van der Waals surface area contributed by atoms with Gasteiger partial charge in [0.15, 0.2) is 0 Å². The molecule has 1 amide bonds. The summed E-state index contributed by atoms with van der Waals surface area (Å²) in [5, 5.41) is 1.90. The number of amides is 1. The fourth-order valence-electron chi connectivity index (χ4n) is 4.30. The molecule has 0 spiro atoms. The number of oxazole rings is 1. The Kier molecular flexibility index (Phi) is 5.51. The lowest BCUT2D eigenvalue weighted by Gasteiger charge is -2.31. The Balaban J connectivity index is 1.34. The SMILES string of the molecule is COc1ccc(-c2nc(CN3C=CN4NC(c5ccccc5)CC4C3=O)c(C)o2)c(OC)c1. The van der Waals surface area contributed by atoms with E-state index in [-0.39, 0.29) is 18.0 Å². The minimum Gasteiger partial charge on any atom is -0.497 e. The second-order valence-corrected chi connectivity index (χ2v) is 8.10. The van der Waals surface area contributed by atoms with Gasteiger partial charge in [0, 0.05) is 18.5 Å². The quantitative estimate of drug-likeness (QED) is 0.617. The zero-order valence-electron chi connectivity index (χ0n) is 18.8. The minimum absolute atomic E-state index is 0.0365. The van der Waals surface area contributed by atoms with E-state index in [1.165, 1.54) is 5.56 Å². The Labute approximate surface area is 192 Å². The number of rotatable bonds is 6. The van der Waals surface area contributed by atoms with Crippen molar-refractivity contribution < 1.29 is 18.7 Å². The highest BCUT2D eigenvalue weighted by molar-refractivity contribution is 5.84. The van der Waals surface area contributed by atoms with Gasteiger partial charge in [-0.25, -0.2) is 10.4 Å². The summed E-state index contributed by atoms with van der Waals surface area (Å²) in [6, 6.07) is 15.5. The van der Waals surface area contributed by atoms with Gasteiger partial charge in [-0.15, -0.1) is 0 Å². The summed E-state index contributed by atoms with van der Waals surface area (Å²) in [4.78, 5) is 19.6. The van der Waals surface area contributed by atoms with Gasteiger partial charge in [0.1, 0.15) is 29.0 Å². The molecule has 0 saturated carbocycles. The van der Waals surface area contributed by atoms with Crippen LogP contribution in [0.15, 0.2) is 65.3 Å². The van der Waals surface area contributed by atoms with E-state index in [9.17, 15) is 4.79 Å². The highest BCUT2D eigenvalue weighted by atomic mass is 16.5. The molecule has 1 fully saturated rings. The monoisotopic (exact) mass is 446 g/mol. The number of carbonyl (C=O) groups excluding carboxylic acids is 1. The molecule has 8 nitrogen and oxygen atoms in total. The third-order valence-electron chi connectivity index (χ3n) is 6.13. The molecule has 3 heterocycles. The number of carbonyl (C=O) groups is 1. The summed E-state index contributed by atoms with van der Waals surface area (Å²) in [5.41, 5.74) is 6.03. The van der Waals surface area contributed by atoms with Crippen LogP contribution in [-0.2, 0) is 11.3 Å². The number of benzene rings is 2. The van der Waals surface area contributed by atoms with Crippen molar-refractivity contribution in [3.63, 3.8) is 0 Å². The fourth-order valence-corrected chi connectivity index (χ4v) is 4.30. The van der Waals surface area contributed by atoms with Crippen LogP contribution in [0, 0.1) is 6.92 Å². The van der Waals surface area contributed by atoms with Crippen LogP contribution in [0.1, 0.15) is 29.5 Å². The highest BCUT2D eigenvalue weighted by Crippen LogP contribution is 2.35. The summed E-state index contributed by atoms with van der Waals surface area (Å²) < 4.78 is 16.7. The maximum Gasteiger partial charge on any atom is 0.251 e. The summed E-state index contributed by atoms with van der Waals surface area (Å²) in [6.45, 7) is 2.19. The van der Waals surface area contributed by atoms with Gasteiger partial charge in [0.05, 0.1) is 32.4 Å². The van der Waals surface area contributed by atoms with E-state index in [2.05, 4.69) is 22.5 Å². The lowest BCUT2D eigenvalue weighted by Crippen LogP contribution is -2.47. The van der Waals surface area contributed by atoms with Crippen molar-refractivity contribution in [2.45, 2.75) is 32.0 Å². The molecular weight excluding hydrogens is 420 g/mol. The number of nitrogens with zero attached hydrogens (tertiary/aromatic N) is 3. The largest absolute Gasteiger partial charge is 0.497 e. The summed E-state index contributed by atoms with van der Waals surface area (Å²) >= 11 is 0. The third-order valence-corrected chi connectivity index (χ3v) is 6.13. The molecule has 2 atom stereocenters. The van der Waals surface area contributed by atoms with Gasteiger partial charge < -0.3 is 23.8 Å². The first kappa shape index (κ1) is 21.1. The molecule has 3 aromatic rings. The minimum atomic E-state index is -0.256. The Morgan fingerprint density at radius 3 is 2.70 bits per heavy atom. The molecule has 5 rings (SSSR count). The Morgan fingerprint density at radius 1 is 1.12 bits per heavy atom. The summed E-state index contributed by atoms with van der Waals surface area (Å²) in [6.07, 6.45) is 4.41. The predicted octanol–water partition coefficient (Wildman–Crippen LogP) is 3.80. The molecule has 0 radical (unpaired) electrons. The van der Waals surface area contributed by atoms with E-state index in [1.807, 2.05) is 48.5 Å². The van der Waals surface area contributed by atoms with E-state index in [0.717, 1.165) is 5.56 Å². The Morgan fingerprint density at radius 2 is 1.94 bits per heavy atom. The van der Waals surface area contributed by atoms with E-state index < -0.39 is 0 Å². The van der Waals surface area contributed by atoms with E-state index in [1.54, 1.807) is 31.4 Å². The van der Waals surface area contributed by atoms with Crippen LogP contribution < -0.4 is 14.9 Å². The first-order valence-corrected chi connectivity index (χ1v) is 10.8. The van der Waals surface area contributed by atoms with Crippen LogP contribution in [0.4, 0.5) is 0 Å². The Hall–Kier alpha value is -3.78. The standard InChI is InChI=1S/C25H26N4O4/c1-16-21(26-24(33-16)19-10-9-18(31-2)13-23(19)32-3)15-28-11-12-29-22(25(28)30)14-20(27-29)17-7-5-4-6-8-17/h4-13,20,22,27H,14-15H2,1-3H3. The van der Waals surface area contributed by atoms with Crippen molar-refractivity contribution in [1.29, 1.82) is 0 Å². The van der Waals surface area contributed by atoms with Crippen molar-refractivity contribution >= 4 is 5.91 Å². The molecule has 1 N–H and O–H groups in total. The molecule has 1 aromatic heterocycles. The third kappa shape index (κ3) is 3.93. The molecule has 170 valence electrons. The molecule has 2 aliphatic rings. The molecule has 0 bridgehead atoms. The van der Waals surface area contributed by atoms with Gasteiger partial charge in [-0.3, -0.25) is 4.79 Å². The maximum atomic E-state index is 13.2.